The molecule has 0 heterocycles. The number of likely N-dealkylation sites (N-methyl/N-ethyl adjacent to an activating group) is 1. The summed E-state index contributed by atoms with van der Waals surface area (Å²) in [4.78, 5) is 25.2. The number of quaternary nitrogens is 1. The van der Waals surface area contributed by atoms with Gasteiger partial charge in [0.1, 0.15) is 19.3 Å². The van der Waals surface area contributed by atoms with Gasteiger partial charge < -0.3 is 27.9 Å². The van der Waals surface area contributed by atoms with Crippen LogP contribution in [0.15, 0.2) is 60.8 Å². The molecule has 0 aliphatic rings. The molecule has 356 valence electrons. The number of esters is 1. The number of hydrogen-bond acceptors (Lipinski definition) is 7. The van der Waals surface area contributed by atoms with E-state index in [1.54, 1.807) is 0 Å². The van der Waals surface area contributed by atoms with E-state index in [0.717, 1.165) is 77.0 Å². The number of carbonyl (C=O) groups excluding carboxylic acids is 1. The highest BCUT2D eigenvalue weighted by atomic mass is 31.2. The fourth-order valence-electron chi connectivity index (χ4n) is 6.75. The van der Waals surface area contributed by atoms with Crippen LogP contribution in [0.2, 0.25) is 0 Å². The van der Waals surface area contributed by atoms with Gasteiger partial charge in [0.05, 0.1) is 34.4 Å². The minimum atomic E-state index is -4.53. The maximum Gasteiger partial charge on any atom is 0.306 e. The second kappa shape index (κ2) is 44.8. The van der Waals surface area contributed by atoms with Crippen molar-refractivity contribution in [1.82, 2.24) is 0 Å². The standard InChI is InChI=1S/C52H96NO7P/c1-6-8-10-12-14-16-18-20-22-24-25-26-27-28-29-30-31-33-35-37-39-41-43-45-52(54)60-51(50-59-61(55,56)58-48-46-53(3,4)5)49-57-47-44-42-40-38-36-34-32-23-21-19-17-15-13-11-9-7-2/h8,10,14,16,20,22,25-26,28-29,51H,6-7,9,11-13,15,17-19,21,23-24,27,30-50H2,1-5H3/b10-8-,16-14-,22-20-,26-25-,29-28-. The molecule has 9 heteroatoms. The lowest BCUT2D eigenvalue weighted by Gasteiger charge is -2.28. The highest BCUT2D eigenvalue weighted by Crippen LogP contribution is 2.38. The minimum Gasteiger partial charge on any atom is -0.756 e. The topological polar surface area (TPSA) is 94.1 Å². The van der Waals surface area contributed by atoms with Gasteiger partial charge in [-0.3, -0.25) is 9.36 Å². The smallest absolute Gasteiger partial charge is 0.306 e. The predicted octanol–water partition coefficient (Wildman–Crippen LogP) is 14.6. The van der Waals surface area contributed by atoms with Crippen LogP contribution in [0, 0.1) is 0 Å². The fourth-order valence-corrected chi connectivity index (χ4v) is 7.48. The quantitative estimate of drug-likeness (QED) is 0.0198. The molecular weight excluding hydrogens is 782 g/mol. The highest BCUT2D eigenvalue weighted by molar-refractivity contribution is 7.45. The van der Waals surface area contributed by atoms with E-state index in [1.807, 2.05) is 21.1 Å². The average molecular weight is 878 g/mol. The molecule has 8 nitrogen and oxygen atoms in total. The molecule has 0 aliphatic carbocycles. The van der Waals surface area contributed by atoms with Crippen LogP contribution in [-0.2, 0) is 27.9 Å². The van der Waals surface area contributed by atoms with Gasteiger partial charge in [-0.15, -0.1) is 0 Å². The van der Waals surface area contributed by atoms with E-state index in [9.17, 15) is 14.3 Å². The van der Waals surface area contributed by atoms with E-state index in [4.69, 9.17) is 18.5 Å². The van der Waals surface area contributed by atoms with Crippen molar-refractivity contribution in [3.05, 3.63) is 60.8 Å². The molecule has 0 spiro atoms. The van der Waals surface area contributed by atoms with Gasteiger partial charge in [-0.25, -0.2) is 0 Å². The number of nitrogens with zero attached hydrogens (tertiary/aromatic N) is 1. The fraction of sp³-hybridized carbons (Fsp3) is 0.788. The van der Waals surface area contributed by atoms with Gasteiger partial charge in [0.15, 0.2) is 0 Å². The van der Waals surface area contributed by atoms with E-state index in [0.29, 0.717) is 24.1 Å². The second-order valence-corrected chi connectivity index (χ2v) is 19.2. The minimum absolute atomic E-state index is 0.0226. The summed E-state index contributed by atoms with van der Waals surface area (Å²) in [5.74, 6) is -0.344. The Bertz CT molecular complexity index is 1160. The van der Waals surface area contributed by atoms with E-state index in [-0.39, 0.29) is 25.8 Å². The van der Waals surface area contributed by atoms with Gasteiger partial charge in [0, 0.05) is 13.0 Å². The number of ether oxygens (including phenoxy) is 2. The summed E-state index contributed by atoms with van der Waals surface area (Å²) in [5.41, 5.74) is 0. The summed E-state index contributed by atoms with van der Waals surface area (Å²) >= 11 is 0. The summed E-state index contributed by atoms with van der Waals surface area (Å²) in [5, 5.41) is 0. The summed E-state index contributed by atoms with van der Waals surface area (Å²) in [7, 11) is 1.35. The zero-order chi connectivity index (χ0) is 44.8. The Morgan fingerprint density at radius 1 is 0.525 bits per heavy atom. The molecule has 0 amide bonds. The largest absolute Gasteiger partial charge is 0.756 e. The van der Waals surface area contributed by atoms with Crippen LogP contribution in [0.3, 0.4) is 0 Å². The van der Waals surface area contributed by atoms with E-state index in [1.165, 1.54) is 109 Å². The van der Waals surface area contributed by atoms with Crippen molar-refractivity contribution in [3.8, 4) is 0 Å². The Hall–Kier alpha value is -1.80. The van der Waals surface area contributed by atoms with E-state index in [2.05, 4.69) is 74.6 Å². The Morgan fingerprint density at radius 3 is 1.43 bits per heavy atom. The molecular formula is C52H96NO7P. The second-order valence-electron chi connectivity index (χ2n) is 17.8. The number of carbonyl (C=O) groups is 1. The number of hydrogen-bond donors (Lipinski definition) is 0. The summed E-state index contributed by atoms with van der Waals surface area (Å²) < 4.78 is 34.7. The van der Waals surface area contributed by atoms with Crippen molar-refractivity contribution in [1.29, 1.82) is 0 Å². The number of allylic oxidation sites excluding steroid dienone is 10. The zero-order valence-electron chi connectivity index (χ0n) is 40.4. The van der Waals surface area contributed by atoms with E-state index < -0.39 is 13.9 Å². The van der Waals surface area contributed by atoms with Gasteiger partial charge in [-0.2, -0.15) is 0 Å². The first-order valence-corrected chi connectivity index (χ1v) is 26.5. The summed E-state index contributed by atoms with van der Waals surface area (Å²) in [6, 6.07) is 0. The van der Waals surface area contributed by atoms with Crippen molar-refractivity contribution in [2.45, 2.75) is 213 Å². The third-order valence-corrected chi connectivity index (χ3v) is 11.5. The SMILES string of the molecule is CC/C=C\C/C=C\C/C=C\C/C=C\C/C=C\CCCCCCCCCC(=O)OC(COCCCCCCCCCCCCCCCCCC)COP(=O)([O-])OCC[N+](C)(C)C. The van der Waals surface area contributed by atoms with Gasteiger partial charge >= 0.3 is 5.97 Å². The van der Waals surface area contributed by atoms with E-state index >= 15 is 0 Å². The first-order chi connectivity index (χ1) is 29.6. The van der Waals surface area contributed by atoms with Gasteiger partial charge in [0.2, 0.25) is 0 Å². The van der Waals surface area contributed by atoms with Crippen molar-refractivity contribution in [3.63, 3.8) is 0 Å². The third kappa shape index (κ3) is 49.1. The molecule has 0 aromatic carbocycles. The molecule has 0 aromatic rings. The van der Waals surface area contributed by atoms with Crippen LogP contribution < -0.4 is 4.89 Å². The number of phosphoric ester groups is 1. The number of unbranched alkanes of at least 4 members (excludes halogenated alkanes) is 22. The molecule has 0 N–H and O–H groups in total. The molecule has 2 atom stereocenters. The zero-order valence-corrected chi connectivity index (χ0v) is 41.2. The lowest BCUT2D eigenvalue weighted by molar-refractivity contribution is -0.870. The maximum atomic E-state index is 12.7. The van der Waals surface area contributed by atoms with Crippen LogP contribution >= 0.6 is 7.82 Å². The van der Waals surface area contributed by atoms with Crippen molar-refractivity contribution < 1.29 is 37.3 Å². The predicted molar refractivity (Wildman–Crippen MR) is 259 cm³/mol. The van der Waals surface area contributed by atoms with Gasteiger partial charge in [-0.1, -0.05) is 203 Å². The molecule has 0 saturated heterocycles. The van der Waals surface area contributed by atoms with Crippen molar-refractivity contribution in [2.75, 3.05) is 54.1 Å². The molecule has 0 aromatic heterocycles. The van der Waals surface area contributed by atoms with Crippen molar-refractivity contribution >= 4 is 13.8 Å². The molecule has 61 heavy (non-hydrogen) atoms. The van der Waals surface area contributed by atoms with Crippen LogP contribution in [0.1, 0.15) is 206 Å². The third-order valence-electron chi connectivity index (χ3n) is 10.6. The van der Waals surface area contributed by atoms with Gasteiger partial charge in [0.25, 0.3) is 7.82 Å². The molecule has 0 rings (SSSR count). The van der Waals surface area contributed by atoms with Crippen LogP contribution in [0.4, 0.5) is 0 Å². The number of phosphoric acid groups is 1. The van der Waals surface area contributed by atoms with Crippen molar-refractivity contribution in [2.24, 2.45) is 0 Å². The Kier molecular flexibility index (Phi) is 43.5. The maximum absolute atomic E-state index is 12.7. The monoisotopic (exact) mass is 878 g/mol. The average Bonchev–Trinajstić information content (AvgIpc) is 3.22. The molecule has 0 fully saturated rings. The molecule has 0 saturated carbocycles. The van der Waals surface area contributed by atoms with Gasteiger partial charge in [-0.05, 0) is 57.8 Å². The lowest BCUT2D eigenvalue weighted by Crippen LogP contribution is -2.37. The van der Waals surface area contributed by atoms with Crippen LogP contribution in [0.25, 0.3) is 0 Å². The molecule has 0 aliphatic heterocycles. The molecule has 0 bridgehead atoms. The summed E-state index contributed by atoms with van der Waals surface area (Å²) in [6.45, 7) is 5.31. The lowest BCUT2D eigenvalue weighted by atomic mass is 10.0. The highest BCUT2D eigenvalue weighted by Gasteiger charge is 2.20. The Morgan fingerprint density at radius 2 is 0.951 bits per heavy atom. The number of rotatable bonds is 46. The Labute approximate surface area is 377 Å². The van der Waals surface area contributed by atoms with Crippen LogP contribution in [-0.4, -0.2) is 70.7 Å². The normalized spacial score (nSPS) is 14.1. The van der Waals surface area contributed by atoms with Crippen LogP contribution in [0.5, 0.6) is 0 Å². The summed E-state index contributed by atoms with van der Waals surface area (Å²) in [6.07, 6.45) is 56.6. The Balaban J connectivity index is 4.18. The molecule has 2 unspecified atom stereocenters. The first-order valence-electron chi connectivity index (χ1n) is 25.0. The first kappa shape index (κ1) is 59.2. The molecule has 0 radical (unpaired) electrons.